The summed E-state index contributed by atoms with van der Waals surface area (Å²) in [6.45, 7) is 0. The number of rotatable bonds is 7. The summed E-state index contributed by atoms with van der Waals surface area (Å²) < 4.78 is 4.99. The van der Waals surface area contributed by atoms with Crippen LogP contribution in [0.3, 0.4) is 0 Å². The Hall–Kier alpha value is -2.72. The van der Waals surface area contributed by atoms with Gasteiger partial charge in [0.25, 0.3) is 0 Å². The maximum Gasteiger partial charge on any atom is 0.331 e. The third-order valence-corrected chi connectivity index (χ3v) is 2.86. The van der Waals surface area contributed by atoms with Gasteiger partial charge >= 0.3 is 17.9 Å². The number of hydrogen-bond donors (Lipinski definition) is 5. The van der Waals surface area contributed by atoms with Crippen molar-refractivity contribution in [3.63, 3.8) is 0 Å². The van der Waals surface area contributed by atoms with Crippen molar-refractivity contribution in [1.82, 2.24) is 19.9 Å². The predicted molar refractivity (Wildman–Crippen MR) is 73.8 cm³/mol. The number of esters is 1. The van der Waals surface area contributed by atoms with Gasteiger partial charge in [0.1, 0.15) is 12.1 Å². The smallest absolute Gasteiger partial charge is 0.331 e. The first kappa shape index (κ1) is 15.7. The predicted octanol–water partition coefficient (Wildman–Crippen LogP) is -1.44. The van der Waals surface area contributed by atoms with E-state index in [0.717, 1.165) is 0 Å². The number of imidazole rings is 2. The molecule has 10 nitrogen and oxygen atoms in total. The molecule has 0 fully saturated rings. The highest BCUT2D eigenvalue weighted by Crippen LogP contribution is 2.08. The van der Waals surface area contributed by atoms with Crippen molar-refractivity contribution >= 4 is 11.9 Å². The molecule has 0 bridgehead atoms. The zero-order valence-corrected chi connectivity index (χ0v) is 11.5. The summed E-state index contributed by atoms with van der Waals surface area (Å²) in [5, 5.41) is 8.72. The first-order valence-corrected chi connectivity index (χ1v) is 6.42. The molecule has 118 valence electrons. The largest absolute Gasteiger partial charge is 0.480 e. The molecule has 2 aromatic rings. The van der Waals surface area contributed by atoms with Gasteiger partial charge in [0.05, 0.1) is 12.5 Å². The van der Waals surface area contributed by atoms with Gasteiger partial charge in [0.15, 0.2) is 0 Å². The number of carbonyl (C=O) groups is 2. The molecule has 0 radical (unpaired) electrons. The van der Waals surface area contributed by atoms with Crippen LogP contribution in [0.25, 0.3) is 0 Å². The second kappa shape index (κ2) is 6.83. The number of H-pyrrole nitrogens is 2. The molecule has 2 aromatic heterocycles. The minimum atomic E-state index is -1.13. The van der Waals surface area contributed by atoms with Crippen LogP contribution < -0.4 is 16.2 Å². The van der Waals surface area contributed by atoms with Gasteiger partial charge in [-0.05, 0) is 0 Å². The van der Waals surface area contributed by atoms with E-state index in [9.17, 15) is 9.59 Å². The minimum absolute atomic E-state index is 0.0417. The lowest BCUT2D eigenvalue weighted by Crippen LogP contribution is -2.36. The van der Waals surface area contributed by atoms with E-state index in [0.29, 0.717) is 11.4 Å². The number of aromatic nitrogens is 4. The van der Waals surface area contributed by atoms with Crippen molar-refractivity contribution in [2.75, 3.05) is 0 Å². The quantitative estimate of drug-likeness (QED) is 0.387. The van der Waals surface area contributed by atoms with Crippen LogP contribution in [0.5, 0.6) is 6.01 Å². The van der Waals surface area contributed by atoms with E-state index >= 15 is 0 Å². The van der Waals surface area contributed by atoms with Gasteiger partial charge in [-0.2, -0.15) is 0 Å². The Bertz CT molecular complexity index is 638. The third-order valence-electron chi connectivity index (χ3n) is 2.86. The molecule has 7 N–H and O–H groups in total. The van der Waals surface area contributed by atoms with Crippen LogP contribution in [0.2, 0.25) is 0 Å². The number of aliphatic carboxylic acids is 1. The highest BCUT2D eigenvalue weighted by atomic mass is 16.5. The molecule has 10 heteroatoms. The number of hydrogen-bond acceptors (Lipinski definition) is 7. The third kappa shape index (κ3) is 4.14. The maximum atomic E-state index is 11.8. The van der Waals surface area contributed by atoms with Crippen LogP contribution in [0.15, 0.2) is 18.7 Å². The first-order valence-electron chi connectivity index (χ1n) is 6.42. The van der Waals surface area contributed by atoms with E-state index in [1.807, 2.05) is 0 Å². The molecule has 0 saturated heterocycles. The zero-order chi connectivity index (χ0) is 16.1. The molecule has 2 unspecified atom stereocenters. The fourth-order valence-electron chi connectivity index (χ4n) is 1.71. The number of nitrogens with zero attached hydrogens (tertiary/aromatic N) is 2. The summed E-state index contributed by atoms with van der Waals surface area (Å²) in [5.74, 6) is -1.80. The first-order chi connectivity index (χ1) is 10.5. The molecule has 0 aliphatic rings. The molecule has 0 spiro atoms. The van der Waals surface area contributed by atoms with Crippen molar-refractivity contribution in [2.45, 2.75) is 24.9 Å². The average Bonchev–Trinajstić information content (AvgIpc) is 3.10. The normalized spacial score (nSPS) is 13.5. The number of nitrogens with one attached hydrogen (secondary N) is 2. The second-order valence-corrected chi connectivity index (χ2v) is 4.67. The van der Waals surface area contributed by atoms with Gasteiger partial charge in [-0.25, -0.2) is 14.8 Å². The van der Waals surface area contributed by atoms with Gasteiger partial charge < -0.3 is 31.3 Å². The standard InChI is InChI=1S/C12H16N6O4/c13-8(10(19)20)2-7-4-16-12(18-7)22-11(21)9(14)1-6-3-15-5-17-6/h3-5,8-9H,1-2,13-14H2,(H,15,17)(H,16,18)(H,19,20). The number of aromatic amines is 2. The Morgan fingerprint density at radius 3 is 2.59 bits per heavy atom. The maximum absolute atomic E-state index is 11.8. The van der Waals surface area contributed by atoms with Crippen LogP contribution in [-0.2, 0) is 22.4 Å². The Morgan fingerprint density at radius 2 is 1.95 bits per heavy atom. The van der Waals surface area contributed by atoms with E-state index in [1.54, 1.807) is 6.20 Å². The second-order valence-electron chi connectivity index (χ2n) is 4.67. The Morgan fingerprint density at radius 1 is 1.23 bits per heavy atom. The molecule has 2 atom stereocenters. The SMILES string of the molecule is NC(Cc1cnc(OC(=O)C(N)Cc2cnc[nH]2)[nH]1)C(=O)O. The van der Waals surface area contributed by atoms with Crippen LogP contribution in [0.1, 0.15) is 11.4 Å². The summed E-state index contributed by atoms with van der Waals surface area (Å²) in [6.07, 6.45) is 4.69. The zero-order valence-electron chi connectivity index (χ0n) is 11.5. The van der Waals surface area contributed by atoms with Crippen LogP contribution in [0.4, 0.5) is 0 Å². The number of carboxylic acids is 1. The summed E-state index contributed by atoms with van der Waals surface area (Å²) in [4.78, 5) is 35.6. The molecule has 22 heavy (non-hydrogen) atoms. The molecule has 0 aliphatic heterocycles. The summed E-state index contributed by atoms with van der Waals surface area (Å²) in [6, 6.07) is -2.00. The molecule has 0 saturated carbocycles. The van der Waals surface area contributed by atoms with Gasteiger partial charge in [0.2, 0.25) is 0 Å². The van der Waals surface area contributed by atoms with Crippen molar-refractivity contribution in [2.24, 2.45) is 11.5 Å². The number of carboxylic acid groups (broad SMARTS) is 1. The molecule has 0 aromatic carbocycles. The average molecular weight is 308 g/mol. The molecule has 0 amide bonds. The van der Waals surface area contributed by atoms with Crippen molar-refractivity contribution in [3.05, 3.63) is 30.1 Å². The highest BCUT2D eigenvalue weighted by Gasteiger charge is 2.19. The lowest BCUT2D eigenvalue weighted by atomic mass is 10.2. The minimum Gasteiger partial charge on any atom is -0.480 e. The summed E-state index contributed by atoms with van der Waals surface area (Å²) in [5.41, 5.74) is 12.3. The van der Waals surface area contributed by atoms with E-state index in [4.69, 9.17) is 21.3 Å². The highest BCUT2D eigenvalue weighted by molar-refractivity contribution is 5.77. The van der Waals surface area contributed by atoms with Crippen molar-refractivity contribution in [1.29, 1.82) is 0 Å². The van der Waals surface area contributed by atoms with E-state index in [2.05, 4.69) is 19.9 Å². The van der Waals surface area contributed by atoms with Crippen LogP contribution >= 0.6 is 0 Å². The summed E-state index contributed by atoms with van der Waals surface area (Å²) >= 11 is 0. The van der Waals surface area contributed by atoms with Gasteiger partial charge in [0, 0.05) is 30.4 Å². The van der Waals surface area contributed by atoms with Crippen LogP contribution in [0, 0.1) is 0 Å². The lowest BCUT2D eigenvalue weighted by molar-refractivity contribution is -0.138. The van der Waals surface area contributed by atoms with Gasteiger partial charge in [-0.1, -0.05) is 0 Å². The molecular formula is C12H16N6O4. The summed E-state index contributed by atoms with van der Waals surface area (Å²) in [7, 11) is 0. The van der Waals surface area contributed by atoms with E-state index < -0.39 is 24.0 Å². The van der Waals surface area contributed by atoms with Gasteiger partial charge in [-0.15, -0.1) is 0 Å². The fraction of sp³-hybridized carbons (Fsp3) is 0.333. The lowest BCUT2D eigenvalue weighted by Gasteiger charge is -2.08. The molecule has 0 aliphatic carbocycles. The molecular weight excluding hydrogens is 292 g/mol. The van der Waals surface area contributed by atoms with Crippen molar-refractivity contribution < 1.29 is 19.4 Å². The Labute approximate surface area is 124 Å². The Balaban J connectivity index is 1.89. The fourth-order valence-corrected chi connectivity index (χ4v) is 1.71. The number of carbonyl (C=O) groups excluding carboxylic acids is 1. The molecule has 2 rings (SSSR count). The van der Waals surface area contributed by atoms with Gasteiger partial charge in [-0.3, -0.25) is 4.79 Å². The van der Waals surface area contributed by atoms with Crippen LogP contribution in [-0.4, -0.2) is 49.1 Å². The monoisotopic (exact) mass is 308 g/mol. The van der Waals surface area contributed by atoms with Crippen molar-refractivity contribution in [3.8, 4) is 6.01 Å². The number of nitrogens with two attached hydrogens (primary N) is 2. The topological polar surface area (TPSA) is 173 Å². The molecule has 2 heterocycles. The van der Waals surface area contributed by atoms with E-state index in [1.165, 1.54) is 12.5 Å². The van der Waals surface area contributed by atoms with E-state index in [-0.39, 0.29) is 18.9 Å². The Kier molecular flexibility index (Phi) is 4.86. The number of ether oxygens (including phenoxy) is 1.